The average molecular weight is 291 g/mol. The van der Waals surface area contributed by atoms with Crippen molar-refractivity contribution in [3.05, 3.63) is 47.0 Å². The fourth-order valence-electron chi connectivity index (χ4n) is 2.12. The number of fused-ring (bicyclic) bond motifs is 1. The van der Waals surface area contributed by atoms with E-state index in [4.69, 9.17) is 21.1 Å². The zero-order valence-corrected chi connectivity index (χ0v) is 11.2. The highest BCUT2D eigenvalue weighted by atomic mass is 35.5. The van der Waals surface area contributed by atoms with Crippen LogP contribution in [0.25, 0.3) is 11.1 Å². The van der Waals surface area contributed by atoms with Gasteiger partial charge in [-0.05, 0) is 35.4 Å². The molecule has 20 heavy (non-hydrogen) atoms. The lowest BCUT2D eigenvalue weighted by Crippen LogP contribution is -2.18. The van der Waals surface area contributed by atoms with Gasteiger partial charge in [-0.2, -0.15) is 0 Å². The molecular weight excluding hydrogens is 280 g/mol. The summed E-state index contributed by atoms with van der Waals surface area (Å²) in [4.78, 5) is 11.4. The molecule has 1 aliphatic rings. The van der Waals surface area contributed by atoms with E-state index in [-0.39, 0.29) is 5.56 Å². The van der Waals surface area contributed by atoms with Gasteiger partial charge >= 0.3 is 5.97 Å². The molecule has 0 fully saturated rings. The molecule has 0 spiro atoms. The number of carbonyl (C=O) groups is 1. The summed E-state index contributed by atoms with van der Waals surface area (Å²) in [6.45, 7) is 0.768. The number of rotatable bonds is 2. The van der Waals surface area contributed by atoms with Gasteiger partial charge in [0.05, 0.1) is 0 Å². The lowest BCUT2D eigenvalue weighted by Gasteiger charge is -2.21. The van der Waals surface area contributed by atoms with Crippen LogP contribution in [0.1, 0.15) is 10.4 Å². The van der Waals surface area contributed by atoms with Gasteiger partial charge in [0.2, 0.25) is 0 Å². The number of hydrogen-bond donors (Lipinski definition) is 1. The molecule has 1 heterocycles. The summed E-state index contributed by atoms with van der Waals surface area (Å²) in [6, 6.07) is 10.5. The lowest BCUT2D eigenvalue weighted by atomic mass is 10.0. The van der Waals surface area contributed by atoms with Crippen LogP contribution < -0.4 is 9.47 Å². The first-order chi connectivity index (χ1) is 9.65. The third kappa shape index (κ3) is 2.30. The zero-order valence-electron chi connectivity index (χ0n) is 10.4. The van der Waals surface area contributed by atoms with E-state index in [1.807, 2.05) is 12.1 Å². The Morgan fingerprint density at radius 1 is 1.05 bits per heavy atom. The summed E-state index contributed by atoms with van der Waals surface area (Å²) in [5, 5.41) is 9.93. The van der Waals surface area contributed by atoms with Gasteiger partial charge in [-0.25, -0.2) is 4.79 Å². The molecule has 0 saturated heterocycles. The summed E-state index contributed by atoms with van der Waals surface area (Å²) in [7, 11) is 0. The molecule has 0 saturated carbocycles. The second-order valence-corrected chi connectivity index (χ2v) is 4.80. The number of halogens is 1. The van der Waals surface area contributed by atoms with Gasteiger partial charge in [0.15, 0.2) is 11.5 Å². The van der Waals surface area contributed by atoms with E-state index in [2.05, 4.69) is 0 Å². The van der Waals surface area contributed by atoms with Gasteiger partial charge in [0, 0.05) is 5.02 Å². The maximum absolute atomic E-state index is 11.4. The SMILES string of the molecule is O=C(O)c1cc(-c2ccc(Cl)cc2)cc2c1OCCO2. The second kappa shape index (κ2) is 5.06. The fraction of sp³-hybridized carbons (Fsp3) is 0.133. The number of benzene rings is 2. The largest absolute Gasteiger partial charge is 0.486 e. The van der Waals surface area contributed by atoms with E-state index >= 15 is 0 Å². The Labute approximate surface area is 120 Å². The van der Waals surface area contributed by atoms with Crippen LogP contribution in [0.15, 0.2) is 36.4 Å². The van der Waals surface area contributed by atoms with Gasteiger partial charge in [0.25, 0.3) is 0 Å². The summed E-state index contributed by atoms with van der Waals surface area (Å²) < 4.78 is 10.9. The first kappa shape index (κ1) is 12.8. The van der Waals surface area contributed by atoms with Crippen LogP contribution >= 0.6 is 11.6 Å². The molecule has 0 amide bonds. The maximum atomic E-state index is 11.4. The van der Waals surface area contributed by atoms with Crippen molar-refractivity contribution in [1.29, 1.82) is 0 Å². The molecule has 4 nitrogen and oxygen atoms in total. The fourth-order valence-corrected chi connectivity index (χ4v) is 2.25. The Bertz CT molecular complexity index is 664. The molecule has 102 valence electrons. The summed E-state index contributed by atoms with van der Waals surface area (Å²) in [5.74, 6) is -0.287. The van der Waals surface area contributed by atoms with Gasteiger partial charge in [-0.1, -0.05) is 23.7 Å². The lowest BCUT2D eigenvalue weighted by molar-refractivity contribution is 0.0686. The number of carboxylic acids is 1. The minimum Gasteiger partial charge on any atom is -0.486 e. The Balaban J connectivity index is 2.14. The summed E-state index contributed by atoms with van der Waals surface area (Å²) in [6.07, 6.45) is 0. The van der Waals surface area contributed by atoms with Crippen LogP contribution in [0.5, 0.6) is 11.5 Å². The van der Waals surface area contributed by atoms with Gasteiger partial charge in [-0.3, -0.25) is 0 Å². The number of hydrogen-bond acceptors (Lipinski definition) is 3. The normalized spacial score (nSPS) is 13.1. The van der Waals surface area contributed by atoms with Crippen molar-refractivity contribution in [3.8, 4) is 22.6 Å². The highest BCUT2D eigenvalue weighted by Gasteiger charge is 2.22. The topological polar surface area (TPSA) is 55.8 Å². The Morgan fingerprint density at radius 2 is 1.75 bits per heavy atom. The van der Waals surface area contributed by atoms with Crippen molar-refractivity contribution in [2.24, 2.45) is 0 Å². The molecule has 2 aromatic rings. The van der Waals surface area contributed by atoms with E-state index in [1.165, 1.54) is 0 Å². The third-order valence-corrected chi connectivity index (χ3v) is 3.30. The Kier molecular flexibility index (Phi) is 3.24. The molecule has 0 bridgehead atoms. The first-order valence-corrected chi connectivity index (χ1v) is 6.46. The van der Waals surface area contributed by atoms with E-state index in [0.717, 1.165) is 11.1 Å². The van der Waals surface area contributed by atoms with Crippen LogP contribution in [0, 0.1) is 0 Å². The molecule has 0 radical (unpaired) electrons. The van der Waals surface area contributed by atoms with E-state index < -0.39 is 5.97 Å². The average Bonchev–Trinajstić information content (AvgIpc) is 2.46. The minimum absolute atomic E-state index is 0.104. The number of ether oxygens (including phenoxy) is 2. The van der Waals surface area contributed by atoms with E-state index in [9.17, 15) is 9.90 Å². The molecule has 0 aromatic heterocycles. The van der Waals surface area contributed by atoms with Gasteiger partial charge < -0.3 is 14.6 Å². The Morgan fingerprint density at radius 3 is 2.45 bits per heavy atom. The van der Waals surface area contributed by atoms with E-state index in [0.29, 0.717) is 29.7 Å². The molecule has 1 N–H and O–H groups in total. The molecule has 0 unspecified atom stereocenters. The highest BCUT2D eigenvalue weighted by Crippen LogP contribution is 2.38. The van der Waals surface area contributed by atoms with Crippen molar-refractivity contribution in [1.82, 2.24) is 0 Å². The summed E-state index contributed by atoms with van der Waals surface area (Å²) >= 11 is 5.86. The predicted octanol–water partition coefficient (Wildman–Crippen LogP) is 3.48. The first-order valence-electron chi connectivity index (χ1n) is 6.08. The minimum atomic E-state index is -1.04. The molecule has 0 aliphatic carbocycles. The van der Waals surface area contributed by atoms with Crippen molar-refractivity contribution >= 4 is 17.6 Å². The zero-order chi connectivity index (χ0) is 14.1. The van der Waals surface area contributed by atoms with Crippen LogP contribution in [-0.4, -0.2) is 24.3 Å². The molecule has 1 aliphatic heterocycles. The van der Waals surface area contributed by atoms with E-state index in [1.54, 1.807) is 24.3 Å². The third-order valence-electron chi connectivity index (χ3n) is 3.05. The number of carboxylic acid groups (broad SMARTS) is 1. The summed E-state index contributed by atoms with van der Waals surface area (Å²) in [5.41, 5.74) is 1.73. The standard InChI is InChI=1S/C15H11ClO4/c16-11-3-1-9(2-4-11)10-7-12(15(17)18)14-13(8-10)19-5-6-20-14/h1-4,7-8H,5-6H2,(H,17,18). The molecular formula is C15H11ClO4. The van der Waals surface area contributed by atoms with Gasteiger partial charge in [0.1, 0.15) is 18.8 Å². The molecule has 5 heteroatoms. The van der Waals surface area contributed by atoms with Crippen LogP contribution in [0.2, 0.25) is 5.02 Å². The van der Waals surface area contributed by atoms with Crippen LogP contribution in [0.3, 0.4) is 0 Å². The highest BCUT2D eigenvalue weighted by molar-refractivity contribution is 6.30. The maximum Gasteiger partial charge on any atom is 0.339 e. The second-order valence-electron chi connectivity index (χ2n) is 4.36. The smallest absolute Gasteiger partial charge is 0.339 e. The molecule has 3 rings (SSSR count). The van der Waals surface area contributed by atoms with Crippen LogP contribution in [-0.2, 0) is 0 Å². The molecule has 0 atom stereocenters. The van der Waals surface area contributed by atoms with Crippen molar-refractivity contribution in [2.75, 3.05) is 13.2 Å². The number of aromatic carboxylic acids is 1. The monoisotopic (exact) mass is 290 g/mol. The van der Waals surface area contributed by atoms with Gasteiger partial charge in [-0.15, -0.1) is 0 Å². The van der Waals surface area contributed by atoms with Crippen molar-refractivity contribution < 1.29 is 19.4 Å². The Hall–Kier alpha value is -2.20. The quantitative estimate of drug-likeness (QED) is 0.920. The predicted molar refractivity (Wildman–Crippen MR) is 74.8 cm³/mol. The van der Waals surface area contributed by atoms with Crippen molar-refractivity contribution in [3.63, 3.8) is 0 Å². The van der Waals surface area contributed by atoms with Crippen LogP contribution in [0.4, 0.5) is 0 Å². The van der Waals surface area contributed by atoms with Crippen molar-refractivity contribution in [2.45, 2.75) is 0 Å². The molecule has 2 aromatic carbocycles.